The van der Waals surface area contributed by atoms with E-state index in [4.69, 9.17) is 4.74 Å². The lowest BCUT2D eigenvalue weighted by atomic mass is 9.79. The van der Waals surface area contributed by atoms with E-state index in [1.54, 1.807) is 18.7 Å². The van der Waals surface area contributed by atoms with Crippen molar-refractivity contribution in [1.82, 2.24) is 10.2 Å². The van der Waals surface area contributed by atoms with Crippen LogP contribution in [0.25, 0.3) is 0 Å². The number of rotatable bonds is 9. The molecule has 1 aromatic rings. The summed E-state index contributed by atoms with van der Waals surface area (Å²) in [6.45, 7) is 4.43. The number of epoxide rings is 1. The van der Waals surface area contributed by atoms with Crippen LogP contribution in [0, 0.1) is 11.3 Å². The fraction of sp³-hybridized carbons (Fsp3) is 0.633. The second-order valence-electron chi connectivity index (χ2n) is 11.7. The Morgan fingerprint density at radius 2 is 1.79 bits per heavy atom. The summed E-state index contributed by atoms with van der Waals surface area (Å²) in [4.78, 5) is 67.5. The van der Waals surface area contributed by atoms with E-state index >= 15 is 0 Å². The Kier molecular flexibility index (Phi) is 9.13. The van der Waals surface area contributed by atoms with Gasteiger partial charge in [-0.15, -0.1) is 0 Å². The lowest BCUT2D eigenvalue weighted by molar-refractivity contribution is -0.144. The van der Waals surface area contributed by atoms with Crippen molar-refractivity contribution < 1.29 is 28.7 Å². The number of nitrogens with zero attached hydrogens (tertiary/aromatic N) is 1. The minimum Gasteiger partial charge on any atom is -0.365 e. The lowest BCUT2D eigenvalue weighted by Crippen LogP contribution is -2.55. The quantitative estimate of drug-likeness (QED) is 0.392. The minimum atomic E-state index is -1.02. The summed E-state index contributed by atoms with van der Waals surface area (Å²) < 4.78 is 5.03. The molecule has 1 aromatic carbocycles. The number of benzene rings is 1. The lowest BCUT2D eigenvalue weighted by Gasteiger charge is -2.33. The number of unbranched alkanes of at least 4 members (excludes halogenated alkanes) is 2. The first-order chi connectivity index (χ1) is 18.2. The number of carbonyl (C=O) groups is 5. The van der Waals surface area contributed by atoms with Crippen LogP contribution in [-0.4, -0.2) is 65.4 Å². The Bertz CT molecular complexity index is 1050. The fourth-order valence-corrected chi connectivity index (χ4v) is 5.65. The molecular weight excluding hydrogens is 484 g/mol. The maximum atomic E-state index is 13.7. The highest BCUT2D eigenvalue weighted by Crippen LogP contribution is 2.30. The molecule has 3 aliphatic heterocycles. The smallest absolute Gasteiger partial charge is 0.246 e. The van der Waals surface area contributed by atoms with E-state index < -0.39 is 23.4 Å². The number of hydrogen-bond acceptors (Lipinski definition) is 6. The Morgan fingerprint density at radius 1 is 1.05 bits per heavy atom. The number of carbonyl (C=O) groups excluding carboxylic acids is 5. The number of hydrogen-bond donors (Lipinski definition) is 1. The van der Waals surface area contributed by atoms with Gasteiger partial charge in [-0.05, 0) is 31.2 Å². The molecule has 0 bridgehead atoms. The number of fused-ring (bicyclic) bond motifs is 1. The van der Waals surface area contributed by atoms with Gasteiger partial charge >= 0.3 is 0 Å². The number of amides is 2. The maximum Gasteiger partial charge on any atom is 0.246 e. The van der Waals surface area contributed by atoms with E-state index in [1.165, 1.54) is 0 Å². The average molecular weight is 525 g/mol. The SMILES string of the molecule is CC1(C)CC(=O)[C@H](CCCCCC(=O)[C@@H]2CO2)CC(=O)[C@H]2CCCN2C(=O)[C@H](Cc2ccccc2)NC1=O. The third-order valence-electron chi connectivity index (χ3n) is 8.10. The zero-order valence-electron chi connectivity index (χ0n) is 22.6. The molecule has 3 saturated heterocycles. The Labute approximate surface area is 224 Å². The van der Waals surface area contributed by atoms with Crippen LogP contribution >= 0.6 is 0 Å². The molecule has 4 atom stereocenters. The standard InChI is InChI=1S/C30H40N2O6/c1-30(2)18-26(35)21(12-7-4-8-14-24(33)27-19-38-27)17-25(34)23-13-9-15-32(23)28(36)22(31-29(30)37)16-20-10-5-3-6-11-20/h3,5-6,10-11,21-23,27H,4,7-9,12-19H2,1-2H3,(H,31,37)/t21-,22+,23-,27+/m1/s1. The Hall–Kier alpha value is -2.87. The monoisotopic (exact) mass is 524 g/mol. The molecule has 3 heterocycles. The van der Waals surface area contributed by atoms with Crippen LogP contribution < -0.4 is 5.32 Å². The summed E-state index contributed by atoms with van der Waals surface area (Å²) in [6, 6.07) is 8.15. The van der Waals surface area contributed by atoms with Crippen molar-refractivity contribution in [3.63, 3.8) is 0 Å². The molecule has 1 N–H and O–H groups in total. The van der Waals surface area contributed by atoms with E-state index in [-0.39, 0.29) is 48.1 Å². The molecule has 0 aromatic heterocycles. The molecule has 8 nitrogen and oxygen atoms in total. The Morgan fingerprint density at radius 3 is 2.50 bits per heavy atom. The zero-order valence-corrected chi connectivity index (χ0v) is 22.6. The number of ketones is 3. The van der Waals surface area contributed by atoms with Gasteiger partial charge in [0.1, 0.15) is 17.9 Å². The van der Waals surface area contributed by atoms with Crippen LogP contribution in [0.4, 0.5) is 0 Å². The van der Waals surface area contributed by atoms with Crippen LogP contribution in [0.1, 0.15) is 77.2 Å². The molecule has 38 heavy (non-hydrogen) atoms. The largest absolute Gasteiger partial charge is 0.365 e. The van der Waals surface area contributed by atoms with Crippen molar-refractivity contribution in [3.05, 3.63) is 35.9 Å². The highest BCUT2D eigenvalue weighted by molar-refractivity contribution is 5.98. The summed E-state index contributed by atoms with van der Waals surface area (Å²) >= 11 is 0. The topological polar surface area (TPSA) is 113 Å². The first-order valence-electron chi connectivity index (χ1n) is 14.0. The van der Waals surface area contributed by atoms with Crippen molar-refractivity contribution >= 4 is 29.2 Å². The first-order valence-corrected chi connectivity index (χ1v) is 14.0. The summed E-state index contributed by atoms with van der Waals surface area (Å²) in [5.41, 5.74) is -0.103. The maximum absolute atomic E-state index is 13.7. The molecule has 0 aliphatic carbocycles. The summed E-state index contributed by atoms with van der Waals surface area (Å²) in [5.74, 6) is -1.08. The minimum absolute atomic E-state index is 0.00884. The van der Waals surface area contributed by atoms with Crippen molar-refractivity contribution in [2.24, 2.45) is 11.3 Å². The molecule has 3 fully saturated rings. The normalized spacial score (nSPS) is 27.8. The number of Topliss-reactive ketones (excluding diaryl/α,β-unsaturated/α-hetero) is 3. The van der Waals surface area contributed by atoms with Gasteiger partial charge in [0, 0.05) is 38.1 Å². The molecule has 3 aliphatic rings. The van der Waals surface area contributed by atoms with Gasteiger partial charge in [0.2, 0.25) is 11.8 Å². The summed E-state index contributed by atoms with van der Waals surface area (Å²) in [7, 11) is 0. The molecule has 8 heteroatoms. The molecule has 206 valence electrons. The van der Waals surface area contributed by atoms with Crippen LogP contribution in [0.2, 0.25) is 0 Å². The number of nitrogens with one attached hydrogen (secondary N) is 1. The highest BCUT2D eigenvalue weighted by atomic mass is 16.6. The van der Waals surface area contributed by atoms with Crippen molar-refractivity contribution in [2.45, 2.75) is 96.2 Å². The van der Waals surface area contributed by atoms with E-state index in [0.29, 0.717) is 38.8 Å². The van der Waals surface area contributed by atoms with Crippen molar-refractivity contribution in [1.29, 1.82) is 0 Å². The number of ether oxygens (including phenoxy) is 1. The molecule has 2 amide bonds. The van der Waals surface area contributed by atoms with Gasteiger partial charge in [-0.3, -0.25) is 24.0 Å². The van der Waals surface area contributed by atoms with Gasteiger partial charge in [-0.1, -0.05) is 57.0 Å². The zero-order chi connectivity index (χ0) is 27.3. The Balaban J connectivity index is 1.48. The third-order valence-corrected chi connectivity index (χ3v) is 8.10. The molecule has 0 radical (unpaired) electrons. The molecular formula is C30H40N2O6. The second-order valence-corrected chi connectivity index (χ2v) is 11.7. The van der Waals surface area contributed by atoms with Crippen LogP contribution in [-0.2, 0) is 35.1 Å². The van der Waals surface area contributed by atoms with Gasteiger partial charge in [-0.2, -0.15) is 0 Å². The molecule has 0 saturated carbocycles. The molecule has 0 spiro atoms. The van der Waals surface area contributed by atoms with Crippen LogP contribution in [0.5, 0.6) is 0 Å². The van der Waals surface area contributed by atoms with E-state index in [2.05, 4.69) is 5.32 Å². The molecule has 4 rings (SSSR count). The van der Waals surface area contributed by atoms with E-state index in [1.807, 2.05) is 30.3 Å². The van der Waals surface area contributed by atoms with Gasteiger partial charge < -0.3 is 15.0 Å². The predicted molar refractivity (Wildman–Crippen MR) is 141 cm³/mol. The highest BCUT2D eigenvalue weighted by Gasteiger charge is 2.42. The fourth-order valence-electron chi connectivity index (χ4n) is 5.65. The molecule has 0 unspecified atom stereocenters. The van der Waals surface area contributed by atoms with Crippen molar-refractivity contribution in [3.8, 4) is 0 Å². The van der Waals surface area contributed by atoms with Gasteiger partial charge in [0.05, 0.1) is 18.1 Å². The summed E-state index contributed by atoms with van der Waals surface area (Å²) in [5, 5.41) is 2.94. The van der Waals surface area contributed by atoms with Gasteiger partial charge in [-0.25, -0.2) is 0 Å². The van der Waals surface area contributed by atoms with Crippen molar-refractivity contribution in [2.75, 3.05) is 13.2 Å². The predicted octanol–water partition coefficient (Wildman–Crippen LogP) is 3.20. The first kappa shape index (κ1) is 28.1. The third kappa shape index (κ3) is 7.16. The second kappa shape index (κ2) is 12.3. The van der Waals surface area contributed by atoms with E-state index in [9.17, 15) is 24.0 Å². The summed E-state index contributed by atoms with van der Waals surface area (Å²) in [6.07, 6.45) is 4.74. The van der Waals surface area contributed by atoms with Crippen LogP contribution in [0.3, 0.4) is 0 Å². The average Bonchev–Trinajstić information content (AvgIpc) is 3.62. The van der Waals surface area contributed by atoms with E-state index in [0.717, 1.165) is 31.2 Å². The van der Waals surface area contributed by atoms with Crippen LogP contribution in [0.15, 0.2) is 30.3 Å². The van der Waals surface area contributed by atoms with Gasteiger partial charge in [0.15, 0.2) is 11.6 Å². The van der Waals surface area contributed by atoms with Gasteiger partial charge in [0.25, 0.3) is 0 Å².